The van der Waals surface area contributed by atoms with Gasteiger partial charge in [-0.15, -0.1) is 0 Å². The van der Waals surface area contributed by atoms with E-state index in [1.54, 1.807) is 6.07 Å². The Morgan fingerprint density at radius 2 is 1.94 bits per heavy atom. The van der Waals surface area contributed by atoms with Crippen LogP contribution in [0.2, 0.25) is 0 Å². The lowest BCUT2D eigenvalue weighted by molar-refractivity contribution is 1.07. The van der Waals surface area contributed by atoms with Crippen LogP contribution in [-0.4, -0.2) is 17.0 Å². The van der Waals surface area contributed by atoms with Crippen molar-refractivity contribution in [2.45, 2.75) is 13.3 Å². The monoisotopic (exact) mass is 243 g/mol. The molecule has 18 heavy (non-hydrogen) atoms. The predicted molar refractivity (Wildman–Crippen MR) is 73.7 cm³/mol. The lowest BCUT2D eigenvalue weighted by atomic mass is 10.1. The minimum atomic E-state index is 0.594. The second kappa shape index (κ2) is 5.46. The van der Waals surface area contributed by atoms with Crippen LogP contribution >= 0.6 is 0 Å². The summed E-state index contributed by atoms with van der Waals surface area (Å²) in [4.78, 5) is 10.2. The molecule has 0 bridgehead atoms. The second-order valence-corrected chi connectivity index (χ2v) is 3.98. The minimum absolute atomic E-state index is 0.594. The Balaban J connectivity index is 2.25. The molecule has 0 radical (unpaired) electrons. The largest absolute Gasteiger partial charge is 0.329 e. The van der Waals surface area contributed by atoms with Gasteiger partial charge >= 0.3 is 0 Å². The van der Waals surface area contributed by atoms with Crippen LogP contribution in [0.5, 0.6) is 0 Å². The van der Waals surface area contributed by atoms with Crippen LogP contribution < -0.4 is 16.2 Å². The van der Waals surface area contributed by atoms with Gasteiger partial charge in [0.05, 0.1) is 0 Å². The Morgan fingerprint density at radius 1 is 1.22 bits per heavy atom. The first kappa shape index (κ1) is 12.3. The number of nitrogens with two attached hydrogens (primary N) is 1. The Hall–Kier alpha value is -2.14. The number of nitrogens with one attached hydrogen (secondary N) is 1. The zero-order valence-electron chi connectivity index (χ0n) is 10.6. The van der Waals surface area contributed by atoms with Crippen molar-refractivity contribution < 1.29 is 0 Å². The lowest BCUT2D eigenvalue weighted by Crippen LogP contribution is -2.14. The number of aromatic nitrogens is 2. The summed E-state index contributed by atoms with van der Waals surface area (Å²) in [6, 6.07) is 10.2. The lowest BCUT2D eigenvalue weighted by Gasteiger charge is -2.18. The third-order valence-corrected chi connectivity index (χ3v) is 2.88. The van der Waals surface area contributed by atoms with Gasteiger partial charge in [-0.25, -0.2) is 15.8 Å². The quantitative estimate of drug-likeness (QED) is 0.635. The molecule has 0 saturated carbocycles. The second-order valence-electron chi connectivity index (χ2n) is 3.98. The predicted octanol–water partition coefficient (Wildman–Crippen LogP) is 2.09. The number of hydrazine groups is 1. The highest BCUT2D eigenvalue weighted by Gasteiger charge is 2.06. The molecule has 0 amide bonds. The van der Waals surface area contributed by atoms with Crippen LogP contribution in [0.15, 0.2) is 36.7 Å². The number of hydrogen-bond donors (Lipinski definition) is 2. The Kier molecular flexibility index (Phi) is 3.74. The smallest absolute Gasteiger partial charge is 0.145 e. The minimum Gasteiger partial charge on any atom is -0.329 e. The normalized spacial score (nSPS) is 10.2. The zero-order chi connectivity index (χ0) is 13.0. The summed E-state index contributed by atoms with van der Waals surface area (Å²) in [6.07, 6.45) is 2.53. The molecule has 0 fully saturated rings. The number of rotatable bonds is 4. The number of anilines is 3. The number of hydrogen-bond acceptors (Lipinski definition) is 5. The molecule has 2 aromatic rings. The van der Waals surface area contributed by atoms with Crippen LogP contribution in [0.3, 0.4) is 0 Å². The van der Waals surface area contributed by atoms with Crippen molar-refractivity contribution in [2.24, 2.45) is 5.84 Å². The number of aryl methyl sites for hydroxylation is 1. The van der Waals surface area contributed by atoms with Crippen LogP contribution in [0.25, 0.3) is 0 Å². The fourth-order valence-electron chi connectivity index (χ4n) is 1.70. The molecule has 0 unspecified atom stereocenters. The number of nitrogen functional groups attached to an aromatic ring is 1. The van der Waals surface area contributed by atoms with Gasteiger partial charge in [0.25, 0.3) is 0 Å². The zero-order valence-corrected chi connectivity index (χ0v) is 10.6. The van der Waals surface area contributed by atoms with Gasteiger partial charge in [0.1, 0.15) is 18.0 Å². The topological polar surface area (TPSA) is 67.1 Å². The molecule has 0 atom stereocenters. The van der Waals surface area contributed by atoms with Crippen molar-refractivity contribution in [1.82, 2.24) is 9.97 Å². The fourth-order valence-corrected chi connectivity index (χ4v) is 1.70. The van der Waals surface area contributed by atoms with Crippen molar-refractivity contribution in [3.05, 3.63) is 42.2 Å². The van der Waals surface area contributed by atoms with Gasteiger partial charge in [0, 0.05) is 18.8 Å². The highest BCUT2D eigenvalue weighted by atomic mass is 15.3. The third-order valence-electron chi connectivity index (χ3n) is 2.88. The maximum atomic E-state index is 5.34. The van der Waals surface area contributed by atoms with Gasteiger partial charge in [0.15, 0.2) is 0 Å². The first-order valence-corrected chi connectivity index (χ1v) is 5.86. The van der Waals surface area contributed by atoms with Gasteiger partial charge < -0.3 is 10.3 Å². The average molecular weight is 243 g/mol. The van der Waals surface area contributed by atoms with Crippen molar-refractivity contribution in [1.29, 1.82) is 0 Å². The van der Waals surface area contributed by atoms with Gasteiger partial charge in [-0.2, -0.15) is 0 Å². The van der Waals surface area contributed by atoms with Crippen LogP contribution in [0, 0.1) is 0 Å². The van der Waals surface area contributed by atoms with E-state index in [-0.39, 0.29) is 0 Å². The van der Waals surface area contributed by atoms with E-state index in [1.807, 2.05) is 11.9 Å². The molecule has 0 aliphatic carbocycles. The van der Waals surface area contributed by atoms with Gasteiger partial charge in [-0.1, -0.05) is 19.1 Å². The molecule has 0 spiro atoms. The molecule has 5 heteroatoms. The van der Waals surface area contributed by atoms with Crippen LogP contribution in [0.4, 0.5) is 17.3 Å². The molecule has 2 rings (SSSR count). The van der Waals surface area contributed by atoms with E-state index < -0.39 is 0 Å². The molecule has 3 N–H and O–H groups in total. The first-order chi connectivity index (χ1) is 8.74. The molecule has 1 heterocycles. The van der Waals surface area contributed by atoms with Crippen molar-refractivity contribution in [2.75, 3.05) is 17.4 Å². The average Bonchev–Trinajstić information content (AvgIpc) is 2.46. The Labute approximate surface area is 107 Å². The molecule has 5 nitrogen and oxygen atoms in total. The molecule has 0 saturated heterocycles. The first-order valence-electron chi connectivity index (χ1n) is 5.86. The summed E-state index contributed by atoms with van der Waals surface area (Å²) in [6.45, 7) is 2.14. The third kappa shape index (κ3) is 2.57. The maximum absolute atomic E-state index is 5.34. The van der Waals surface area contributed by atoms with Gasteiger partial charge in [-0.05, 0) is 24.1 Å². The number of nitrogens with zero attached hydrogens (tertiary/aromatic N) is 3. The molecule has 0 aliphatic rings. The summed E-state index contributed by atoms with van der Waals surface area (Å²) in [5.74, 6) is 6.72. The molecular weight excluding hydrogens is 226 g/mol. The van der Waals surface area contributed by atoms with E-state index in [2.05, 4.69) is 46.6 Å². The summed E-state index contributed by atoms with van der Waals surface area (Å²) < 4.78 is 0. The van der Waals surface area contributed by atoms with Crippen LogP contribution in [-0.2, 0) is 6.42 Å². The fraction of sp³-hybridized carbons (Fsp3) is 0.231. The summed E-state index contributed by atoms with van der Waals surface area (Å²) >= 11 is 0. The van der Waals surface area contributed by atoms with E-state index in [9.17, 15) is 0 Å². The molecule has 94 valence electrons. The summed E-state index contributed by atoms with van der Waals surface area (Å²) in [7, 11) is 1.96. The molecule has 1 aromatic heterocycles. The molecule has 1 aromatic carbocycles. The maximum Gasteiger partial charge on any atom is 0.145 e. The van der Waals surface area contributed by atoms with Gasteiger partial charge in [0.2, 0.25) is 0 Å². The van der Waals surface area contributed by atoms with Crippen molar-refractivity contribution >= 4 is 17.3 Å². The van der Waals surface area contributed by atoms with Crippen LogP contribution in [0.1, 0.15) is 12.5 Å². The van der Waals surface area contributed by atoms with E-state index in [0.717, 1.165) is 17.9 Å². The van der Waals surface area contributed by atoms with Gasteiger partial charge in [-0.3, -0.25) is 0 Å². The highest BCUT2D eigenvalue weighted by Crippen LogP contribution is 2.22. The van der Waals surface area contributed by atoms with E-state index in [1.165, 1.54) is 11.9 Å². The number of benzene rings is 1. The molecule has 0 aliphatic heterocycles. The summed E-state index contributed by atoms with van der Waals surface area (Å²) in [5.41, 5.74) is 4.91. The van der Waals surface area contributed by atoms with E-state index in [0.29, 0.717) is 5.82 Å². The van der Waals surface area contributed by atoms with Crippen molar-refractivity contribution in [3.63, 3.8) is 0 Å². The Morgan fingerprint density at radius 3 is 2.56 bits per heavy atom. The summed E-state index contributed by atoms with van der Waals surface area (Å²) in [5, 5.41) is 0. The standard InChI is InChI=1S/C13H17N5/c1-3-10-4-6-11(7-5-10)18(2)13-8-12(17-14)15-9-16-13/h4-9H,3,14H2,1-2H3,(H,15,16,17). The van der Waals surface area contributed by atoms with E-state index in [4.69, 9.17) is 5.84 Å². The van der Waals surface area contributed by atoms with Crippen molar-refractivity contribution in [3.8, 4) is 0 Å². The highest BCUT2D eigenvalue weighted by molar-refractivity contribution is 5.61. The Bertz CT molecular complexity index is 509. The van der Waals surface area contributed by atoms with E-state index >= 15 is 0 Å². The SMILES string of the molecule is CCc1ccc(N(C)c2cc(NN)ncn2)cc1. The molecular formula is C13H17N5.